The lowest BCUT2D eigenvalue weighted by Gasteiger charge is -2.11. The number of aliphatic carboxylic acids is 1. The summed E-state index contributed by atoms with van der Waals surface area (Å²) in [5, 5.41) is 11.8. The van der Waals surface area contributed by atoms with Gasteiger partial charge in [0.25, 0.3) is 5.91 Å². The lowest BCUT2D eigenvalue weighted by molar-refractivity contribution is -0.141. The van der Waals surface area contributed by atoms with E-state index in [0.29, 0.717) is 24.1 Å². The van der Waals surface area contributed by atoms with E-state index in [-0.39, 0.29) is 21.1 Å². The van der Waals surface area contributed by atoms with E-state index >= 15 is 0 Å². The molecule has 0 bridgehead atoms. The van der Waals surface area contributed by atoms with E-state index in [1.807, 2.05) is 0 Å². The van der Waals surface area contributed by atoms with Crippen molar-refractivity contribution < 1.29 is 23.1 Å². The zero-order valence-electron chi connectivity index (χ0n) is 13.2. The van der Waals surface area contributed by atoms with Crippen molar-refractivity contribution in [3.8, 4) is 0 Å². The van der Waals surface area contributed by atoms with Crippen molar-refractivity contribution in [2.75, 3.05) is 0 Å². The van der Waals surface area contributed by atoms with Crippen LogP contribution >= 0.6 is 11.3 Å². The van der Waals surface area contributed by atoms with E-state index in [4.69, 9.17) is 5.11 Å². The molecule has 0 aliphatic heterocycles. The largest absolute Gasteiger partial charge is 0.481 e. The quantitative estimate of drug-likeness (QED) is 0.831. The number of nitrogens with one attached hydrogen (secondary N) is 1. The molecule has 1 aromatic heterocycles. The SMILES string of the molecule is O=C(N[C@@H]1CC[C@H](C(=O)O)C1)c1ccc(S(=O)(=O)c2ccccc2)s1. The van der Waals surface area contributed by atoms with Gasteiger partial charge in [0.1, 0.15) is 4.21 Å². The molecular formula is C17H17NO5S2. The molecule has 1 heterocycles. The monoisotopic (exact) mass is 379 g/mol. The minimum Gasteiger partial charge on any atom is -0.481 e. The first kappa shape index (κ1) is 17.6. The second kappa shape index (κ2) is 6.97. The number of rotatable bonds is 5. The molecule has 0 unspecified atom stereocenters. The average molecular weight is 379 g/mol. The zero-order valence-corrected chi connectivity index (χ0v) is 14.8. The number of amides is 1. The second-order valence-electron chi connectivity index (χ2n) is 5.95. The van der Waals surface area contributed by atoms with Gasteiger partial charge in [0.15, 0.2) is 0 Å². The highest BCUT2D eigenvalue weighted by Gasteiger charge is 2.31. The highest BCUT2D eigenvalue weighted by molar-refractivity contribution is 7.93. The van der Waals surface area contributed by atoms with Crippen LogP contribution in [0, 0.1) is 5.92 Å². The maximum atomic E-state index is 12.5. The van der Waals surface area contributed by atoms with Gasteiger partial charge >= 0.3 is 5.97 Å². The first-order valence-corrected chi connectivity index (χ1v) is 10.1. The first-order chi connectivity index (χ1) is 11.9. The molecule has 8 heteroatoms. The molecule has 1 aliphatic rings. The Balaban J connectivity index is 1.71. The fourth-order valence-electron chi connectivity index (χ4n) is 2.90. The fraction of sp³-hybridized carbons (Fsp3) is 0.294. The summed E-state index contributed by atoms with van der Waals surface area (Å²) in [4.78, 5) is 23.8. The molecule has 2 N–H and O–H groups in total. The Bertz CT molecular complexity index is 889. The first-order valence-electron chi connectivity index (χ1n) is 7.81. The average Bonchev–Trinajstić information content (AvgIpc) is 3.25. The number of carboxylic acid groups (broad SMARTS) is 1. The number of hydrogen-bond donors (Lipinski definition) is 2. The minimum atomic E-state index is -3.64. The van der Waals surface area contributed by atoms with Crippen molar-refractivity contribution in [1.82, 2.24) is 5.32 Å². The molecule has 0 radical (unpaired) electrons. The number of carbonyl (C=O) groups is 2. The maximum Gasteiger partial charge on any atom is 0.306 e. The molecule has 1 amide bonds. The Morgan fingerprint density at radius 2 is 1.80 bits per heavy atom. The molecular weight excluding hydrogens is 362 g/mol. The number of thiophene rings is 1. The van der Waals surface area contributed by atoms with Gasteiger partial charge in [-0.15, -0.1) is 11.3 Å². The zero-order chi connectivity index (χ0) is 18.0. The van der Waals surface area contributed by atoms with Crippen LogP contribution in [0.1, 0.15) is 28.9 Å². The van der Waals surface area contributed by atoms with Gasteiger partial charge in [0.05, 0.1) is 15.7 Å². The van der Waals surface area contributed by atoms with Crippen LogP contribution in [-0.4, -0.2) is 31.4 Å². The van der Waals surface area contributed by atoms with Gasteiger partial charge in [-0.1, -0.05) is 18.2 Å². The summed E-state index contributed by atoms with van der Waals surface area (Å²) in [7, 11) is -3.64. The highest BCUT2D eigenvalue weighted by Crippen LogP contribution is 2.29. The fourth-order valence-corrected chi connectivity index (χ4v) is 5.53. The van der Waals surface area contributed by atoms with Crippen LogP contribution in [0.3, 0.4) is 0 Å². The smallest absolute Gasteiger partial charge is 0.306 e. The van der Waals surface area contributed by atoms with Crippen molar-refractivity contribution in [1.29, 1.82) is 0 Å². The van der Waals surface area contributed by atoms with Crippen molar-refractivity contribution >= 4 is 33.1 Å². The van der Waals surface area contributed by atoms with E-state index in [1.165, 1.54) is 24.3 Å². The number of carbonyl (C=O) groups excluding carboxylic acids is 1. The van der Waals surface area contributed by atoms with Gasteiger partial charge in [-0.05, 0) is 43.5 Å². The van der Waals surface area contributed by atoms with Crippen LogP contribution in [0.5, 0.6) is 0 Å². The predicted molar refractivity (Wildman–Crippen MR) is 92.4 cm³/mol. The molecule has 2 atom stereocenters. The topological polar surface area (TPSA) is 101 Å². The summed E-state index contributed by atoms with van der Waals surface area (Å²) in [6, 6.07) is 10.8. The Morgan fingerprint density at radius 3 is 2.44 bits per heavy atom. The Morgan fingerprint density at radius 1 is 1.08 bits per heavy atom. The standard InChI is InChI=1S/C17H17NO5S2/c19-16(18-12-7-6-11(10-12)17(20)21)14-8-9-15(24-14)25(22,23)13-4-2-1-3-5-13/h1-5,8-9,11-12H,6-7,10H2,(H,18,19)(H,20,21)/t11-,12+/m0/s1. The van der Waals surface area contributed by atoms with Crippen LogP contribution in [0.2, 0.25) is 0 Å². The maximum absolute atomic E-state index is 12.5. The van der Waals surface area contributed by atoms with Crippen molar-refractivity contribution in [3.63, 3.8) is 0 Å². The van der Waals surface area contributed by atoms with Crippen molar-refractivity contribution in [2.45, 2.75) is 34.4 Å². The van der Waals surface area contributed by atoms with Crippen molar-refractivity contribution in [3.05, 3.63) is 47.3 Å². The van der Waals surface area contributed by atoms with E-state index in [9.17, 15) is 18.0 Å². The molecule has 3 rings (SSSR count). The molecule has 2 aromatic rings. The molecule has 1 aliphatic carbocycles. The summed E-state index contributed by atoms with van der Waals surface area (Å²) in [6.45, 7) is 0. The van der Waals surface area contributed by atoms with E-state index in [0.717, 1.165) is 11.3 Å². The molecule has 132 valence electrons. The lowest BCUT2D eigenvalue weighted by atomic mass is 10.1. The summed E-state index contributed by atoms with van der Waals surface area (Å²) in [6.07, 6.45) is 1.56. The summed E-state index contributed by atoms with van der Waals surface area (Å²) >= 11 is 0.917. The molecule has 0 saturated heterocycles. The van der Waals surface area contributed by atoms with E-state index < -0.39 is 21.7 Å². The Kier molecular flexibility index (Phi) is 4.91. The van der Waals surface area contributed by atoms with Crippen LogP contribution < -0.4 is 5.32 Å². The normalized spacial score (nSPS) is 20.3. The number of benzene rings is 1. The molecule has 0 spiro atoms. The van der Waals surface area contributed by atoms with Crippen LogP contribution in [0.15, 0.2) is 51.6 Å². The molecule has 1 saturated carbocycles. The van der Waals surface area contributed by atoms with Gasteiger partial charge in [0, 0.05) is 6.04 Å². The van der Waals surface area contributed by atoms with Gasteiger partial charge < -0.3 is 10.4 Å². The van der Waals surface area contributed by atoms with E-state index in [1.54, 1.807) is 18.2 Å². The number of hydrogen-bond acceptors (Lipinski definition) is 5. The van der Waals surface area contributed by atoms with Gasteiger partial charge in [-0.2, -0.15) is 0 Å². The summed E-state index contributed by atoms with van der Waals surface area (Å²) in [5.74, 6) is -1.64. The van der Waals surface area contributed by atoms with Gasteiger partial charge in [0.2, 0.25) is 9.84 Å². The summed E-state index contributed by atoms with van der Waals surface area (Å²) in [5.41, 5.74) is 0. The lowest BCUT2D eigenvalue weighted by Crippen LogP contribution is -2.32. The van der Waals surface area contributed by atoms with Crippen LogP contribution in [0.25, 0.3) is 0 Å². The third-order valence-electron chi connectivity index (χ3n) is 4.24. The van der Waals surface area contributed by atoms with Crippen LogP contribution in [0.4, 0.5) is 0 Å². The Hall–Kier alpha value is -2.19. The molecule has 1 aromatic carbocycles. The summed E-state index contributed by atoms with van der Waals surface area (Å²) < 4.78 is 25.2. The molecule has 1 fully saturated rings. The molecule has 25 heavy (non-hydrogen) atoms. The third kappa shape index (κ3) is 3.74. The third-order valence-corrected chi connectivity index (χ3v) is 7.59. The predicted octanol–water partition coefficient (Wildman–Crippen LogP) is 2.56. The highest BCUT2D eigenvalue weighted by atomic mass is 32.2. The molecule has 6 nitrogen and oxygen atoms in total. The minimum absolute atomic E-state index is 0.110. The van der Waals surface area contributed by atoms with Gasteiger partial charge in [-0.25, -0.2) is 8.42 Å². The second-order valence-corrected chi connectivity index (χ2v) is 9.21. The Labute approximate surface area is 149 Å². The van der Waals surface area contributed by atoms with Crippen molar-refractivity contribution in [2.24, 2.45) is 5.92 Å². The van der Waals surface area contributed by atoms with E-state index in [2.05, 4.69) is 5.32 Å². The number of sulfone groups is 1. The van der Waals surface area contributed by atoms with Gasteiger partial charge in [-0.3, -0.25) is 9.59 Å². The van der Waals surface area contributed by atoms with Crippen LogP contribution in [-0.2, 0) is 14.6 Å². The number of carboxylic acids is 1.